The minimum Gasteiger partial charge on any atom is -0.456 e. The zero-order chi connectivity index (χ0) is 43.7. The highest BCUT2D eigenvalue weighted by Crippen LogP contribution is 2.52. The molecule has 310 valence electrons. The lowest BCUT2D eigenvalue weighted by molar-refractivity contribution is 0.647. The first kappa shape index (κ1) is 41.1. The van der Waals surface area contributed by atoms with Crippen LogP contribution in [-0.4, -0.2) is 16.1 Å². The third-order valence-electron chi connectivity index (χ3n) is 12.5. The molecule has 2 heterocycles. The van der Waals surface area contributed by atoms with Crippen LogP contribution in [0.25, 0.3) is 66.0 Å². The summed E-state index contributed by atoms with van der Waals surface area (Å²) < 4.78 is 9.04. The third-order valence-corrected chi connectivity index (χ3v) is 12.5. The summed E-state index contributed by atoms with van der Waals surface area (Å²) in [6.45, 7) is 17.5. The van der Waals surface area contributed by atoms with Gasteiger partial charge in [-0.05, 0) is 101 Å². The van der Waals surface area contributed by atoms with Gasteiger partial charge in [0.25, 0.3) is 0 Å². The van der Waals surface area contributed by atoms with Gasteiger partial charge in [-0.15, -0.1) is 0 Å². The maximum absolute atomic E-state index is 6.60. The molecule has 0 bridgehead atoms. The van der Waals surface area contributed by atoms with Gasteiger partial charge < -0.3 is 8.98 Å². The first-order valence-corrected chi connectivity index (χ1v) is 22.1. The summed E-state index contributed by atoms with van der Waals surface area (Å²) in [5.74, 6) is 0.727. The molecule has 0 saturated heterocycles. The fourth-order valence-electron chi connectivity index (χ4n) is 9.18. The average molecular weight is 820 g/mol. The van der Waals surface area contributed by atoms with Crippen molar-refractivity contribution in [1.29, 1.82) is 0 Å². The zero-order valence-corrected chi connectivity index (χ0v) is 37.1. The first-order valence-electron chi connectivity index (χ1n) is 22.1. The van der Waals surface area contributed by atoms with Gasteiger partial charge in [0.2, 0.25) is 0 Å². The zero-order valence-electron chi connectivity index (χ0n) is 37.1. The van der Waals surface area contributed by atoms with E-state index in [4.69, 9.17) is 14.4 Å². The second-order valence-corrected chi connectivity index (χ2v) is 16.6. The van der Waals surface area contributed by atoms with Gasteiger partial charge in [-0.2, -0.15) is 0 Å². The minimum atomic E-state index is -0.196. The van der Waals surface area contributed by atoms with Crippen LogP contribution in [0.4, 0.5) is 0 Å². The molecule has 63 heavy (non-hydrogen) atoms. The van der Waals surface area contributed by atoms with Gasteiger partial charge in [-0.1, -0.05) is 174 Å². The van der Waals surface area contributed by atoms with Gasteiger partial charge in [0.15, 0.2) is 5.84 Å². The Morgan fingerprint density at radius 2 is 1.29 bits per heavy atom. The normalized spacial score (nSPS) is 14.1. The minimum absolute atomic E-state index is 0.0285. The molecule has 2 aromatic heterocycles. The molecular formula is C59H53N3O. The van der Waals surface area contributed by atoms with Crippen LogP contribution >= 0.6 is 0 Å². The van der Waals surface area contributed by atoms with E-state index >= 15 is 0 Å². The monoisotopic (exact) mass is 819 g/mol. The maximum atomic E-state index is 6.60. The molecule has 1 atom stereocenters. The molecule has 0 N–H and O–H groups in total. The molecule has 0 saturated carbocycles. The number of hydrogen-bond donors (Lipinski definition) is 0. The summed E-state index contributed by atoms with van der Waals surface area (Å²) in [6, 6.07) is 54.2. The molecule has 10 rings (SSSR count). The second-order valence-electron chi connectivity index (χ2n) is 16.6. The van der Waals surface area contributed by atoms with Crippen LogP contribution in [0.3, 0.4) is 0 Å². The van der Waals surface area contributed by atoms with E-state index in [1.165, 1.54) is 44.1 Å². The Kier molecular flexibility index (Phi) is 11.2. The average Bonchev–Trinajstić information content (AvgIpc) is 3.92. The fourth-order valence-corrected chi connectivity index (χ4v) is 9.18. The highest BCUT2D eigenvalue weighted by molar-refractivity contribution is 6.14. The second kappa shape index (κ2) is 17.2. The van der Waals surface area contributed by atoms with Gasteiger partial charge in [-0.25, -0.2) is 4.99 Å². The van der Waals surface area contributed by atoms with Gasteiger partial charge in [-0.3, -0.25) is 4.99 Å². The van der Waals surface area contributed by atoms with Crippen molar-refractivity contribution in [3.8, 4) is 22.3 Å². The van der Waals surface area contributed by atoms with Gasteiger partial charge in [0, 0.05) is 55.8 Å². The van der Waals surface area contributed by atoms with E-state index in [1.54, 1.807) is 6.08 Å². The van der Waals surface area contributed by atoms with E-state index in [-0.39, 0.29) is 11.5 Å². The molecular weight excluding hydrogens is 767 g/mol. The first-order chi connectivity index (χ1) is 30.8. The molecule has 4 heteroatoms. The third kappa shape index (κ3) is 7.57. The summed E-state index contributed by atoms with van der Waals surface area (Å²) in [6.07, 6.45) is 10.1. The summed E-state index contributed by atoms with van der Waals surface area (Å²) in [5, 5.41) is 4.81. The Morgan fingerprint density at radius 1 is 0.635 bits per heavy atom. The van der Waals surface area contributed by atoms with Gasteiger partial charge >= 0.3 is 0 Å². The molecule has 1 aliphatic carbocycles. The predicted octanol–water partition coefficient (Wildman–Crippen LogP) is 16.0. The number of para-hydroxylation sites is 1. The highest BCUT2D eigenvalue weighted by Gasteiger charge is 2.37. The number of aromatic nitrogens is 1. The smallest absolute Gasteiger partial charge is 0.155 e. The molecule has 9 aromatic rings. The van der Waals surface area contributed by atoms with Gasteiger partial charge in [0.05, 0.1) is 6.04 Å². The number of aliphatic imine (C=N–C) groups is 2. The molecule has 1 aliphatic rings. The number of fused-ring (bicyclic) bond motifs is 9. The number of nitrogens with zero attached hydrogens (tertiary/aromatic N) is 3. The Morgan fingerprint density at radius 3 is 2.03 bits per heavy atom. The van der Waals surface area contributed by atoms with Crippen molar-refractivity contribution in [2.45, 2.75) is 59.5 Å². The molecule has 7 aromatic carbocycles. The van der Waals surface area contributed by atoms with Gasteiger partial charge in [0.1, 0.15) is 11.2 Å². The van der Waals surface area contributed by atoms with Crippen molar-refractivity contribution >= 4 is 55.3 Å². The molecule has 0 spiro atoms. The SMILES string of the molecule is C=C/C=C\C=C/Cn1c2ccccc2c2cc3c(cc21)C(C)(C)c1cc2oc4ccc(-c5ccc(C(C)=NC(=NC(C)c6ccccc6)c6ccccc6)cc5)cc4c2cc1-3.CC. The molecule has 4 nitrogen and oxygen atoms in total. The number of furan rings is 1. The Balaban J connectivity index is 0.00000249. The van der Waals surface area contributed by atoms with Crippen molar-refractivity contribution in [3.05, 3.63) is 216 Å². The van der Waals surface area contributed by atoms with Crippen LogP contribution in [0.1, 0.15) is 75.4 Å². The highest BCUT2D eigenvalue weighted by atomic mass is 16.3. The summed E-state index contributed by atoms with van der Waals surface area (Å²) in [7, 11) is 0. The number of amidine groups is 1. The lowest BCUT2D eigenvalue weighted by atomic mass is 9.82. The van der Waals surface area contributed by atoms with Crippen molar-refractivity contribution in [1.82, 2.24) is 4.57 Å². The van der Waals surface area contributed by atoms with E-state index in [0.717, 1.165) is 67.8 Å². The molecule has 0 radical (unpaired) electrons. The summed E-state index contributed by atoms with van der Waals surface area (Å²) in [5.41, 5.74) is 15.8. The largest absolute Gasteiger partial charge is 0.456 e. The topological polar surface area (TPSA) is 42.8 Å². The van der Waals surface area contributed by atoms with Crippen molar-refractivity contribution in [2.24, 2.45) is 9.98 Å². The Labute approximate surface area is 371 Å². The van der Waals surface area contributed by atoms with Crippen LogP contribution in [-0.2, 0) is 12.0 Å². The van der Waals surface area contributed by atoms with Crippen molar-refractivity contribution in [3.63, 3.8) is 0 Å². The van der Waals surface area contributed by atoms with Crippen LogP contribution in [0.5, 0.6) is 0 Å². The molecule has 0 fully saturated rings. The molecule has 0 amide bonds. The van der Waals surface area contributed by atoms with Crippen LogP contribution in [0.15, 0.2) is 203 Å². The van der Waals surface area contributed by atoms with Crippen molar-refractivity contribution < 1.29 is 4.42 Å². The van der Waals surface area contributed by atoms with E-state index in [1.807, 2.05) is 50.3 Å². The molecule has 1 unspecified atom stereocenters. The standard InChI is InChI=1S/C57H47N3O.C2H6/c1-6-7-8-9-18-31-60-52-24-17-16-23-44(52)47-33-45-46-34-49-48-32-43(29-30-54(48)61-55(49)36-51(46)57(4,5)50(45)35-53(47)60)41-27-25-40(26-28-41)38(3)59-56(42-21-14-11-15-22-42)58-37(2)39-19-12-10-13-20-39;1-2/h6-30,32-37H,1,31H2,2-5H3;1-2H3/b8-7-,18-9-,58-56?,59-38?;. The van der Waals surface area contributed by atoms with E-state index in [0.29, 0.717) is 0 Å². The maximum Gasteiger partial charge on any atom is 0.155 e. The van der Waals surface area contributed by atoms with E-state index < -0.39 is 0 Å². The van der Waals surface area contributed by atoms with Crippen LogP contribution < -0.4 is 0 Å². The van der Waals surface area contributed by atoms with Crippen molar-refractivity contribution in [2.75, 3.05) is 0 Å². The Hall–Kier alpha value is -7.30. The summed E-state index contributed by atoms with van der Waals surface area (Å²) >= 11 is 0. The van der Waals surface area contributed by atoms with E-state index in [2.05, 4.69) is 178 Å². The number of hydrogen-bond acceptors (Lipinski definition) is 2. The number of benzene rings is 7. The predicted molar refractivity (Wildman–Crippen MR) is 270 cm³/mol. The molecule has 0 aliphatic heterocycles. The number of allylic oxidation sites excluding steroid dienone is 5. The lowest BCUT2D eigenvalue weighted by Crippen LogP contribution is -2.15. The lowest BCUT2D eigenvalue weighted by Gasteiger charge is -2.21. The number of rotatable bonds is 9. The summed E-state index contributed by atoms with van der Waals surface area (Å²) in [4.78, 5) is 10.2. The fraction of sp³-hybridized carbons (Fsp3) is 0.153. The Bertz CT molecular complexity index is 3260. The van der Waals surface area contributed by atoms with Crippen LogP contribution in [0, 0.1) is 0 Å². The van der Waals surface area contributed by atoms with E-state index in [9.17, 15) is 0 Å². The quantitative estimate of drug-likeness (QED) is 0.0812. The van der Waals surface area contributed by atoms with Crippen LogP contribution in [0.2, 0.25) is 0 Å².